The maximum Gasteiger partial charge on any atom is 0.176 e. The van der Waals surface area contributed by atoms with E-state index in [-0.39, 0.29) is 0 Å². The molecule has 0 atom stereocenters. The van der Waals surface area contributed by atoms with E-state index in [1.54, 1.807) is 16.4 Å². The van der Waals surface area contributed by atoms with Gasteiger partial charge < -0.3 is 4.74 Å². The Morgan fingerprint density at radius 1 is 1.05 bits per heavy atom. The first-order chi connectivity index (χ1) is 9.24. The van der Waals surface area contributed by atoms with Crippen LogP contribution in [0.25, 0.3) is 11.0 Å². The smallest absolute Gasteiger partial charge is 0.176 e. The second kappa shape index (κ2) is 4.73. The lowest BCUT2D eigenvalue weighted by molar-refractivity contribution is 0.0993. The number of aryl methyl sites for hydroxylation is 2. The van der Waals surface area contributed by atoms with Crippen LogP contribution in [0.15, 0.2) is 18.2 Å². The monoisotopic (exact) mass is 259 g/mol. The molecule has 98 valence electrons. The molecule has 3 aromatic rings. The van der Waals surface area contributed by atoms with E-state index in [9.17, 15) is 0 Å². The van der Waals surface area contributed by atoms with E-state index in [1.165, 1.54) is 0 Å². The van der Waals surface area contributed by atoms with Gasteiger partial charge in [-0.2, -0.15) is 0 Å². The minimum absolute atomic E-state index is 0.377. The molecule has 8 nitrogen and oxygen atoms in total. The molecule has 0 unspecified atom stereocenters. The molecule has 0 radical (unpaired) electrons. The summed E-state index contributed by atoms with van der Waals surface area (Å²) >= 11 is 0. The van der Waals surface area contributed by atoms with Crippen molar-refractivity contribution in [3.63, 3.8) is 0 Å². The van der Waals surface area contributed by atoms with Gasteiger partial charge in [0.15, 0.2) is 5.82 Å². The first-order valence-electron chi connectivity index (χ1n) is 5.81. The average Bonchev–Trinajstić information content (AvgIpc) is 2.97. The minimum Gasteiger partial charge on any atom is -0.369 e. The van der Waals surface area contributed by atoms with E-state index in [0.717, 1.165) is 16.6 Å². The number of aromatic nitrogens is 7. The molecule has 0 amide bonds. The third-order valence-corrected chi connectivity index (χ3v) is 2.88. The van der Waals surface area contributed by atoms with Gasteiger partial charge in [-0.3, -0.25) is 0 Å². The van der Waals surface area contributed by atoms with Crippen molar-refractivity contribution in [2.24, 2.45) is 14.1 Å². The number of ether oxygens (including phenoxy) is 1. The summed E-state index contributed by atoms with van der Waals surface area (Å²) in [5.74, 6) is 0.695. The lowest BCUT2D eigenvalue weighted by Crippen LogP contribution is -2.02. The second-order valence-corrected chi connectivity index (χ2v) is 4.25. The molecule has 2 heterocycles. The Balaban J connectivity index is 1.67. The van der Waals surface area contributed by atoms with Crippen LogP contribution in [0.5, 0.6) is 0 Å². The molecule has 8 heteroatoms. The van der Waals surface area contributed by atoms with Gasteiger partial charge in [-0.1, -0.05) is 11.3 Å². The van der Waals surface area contributed by atoms with E-state index >= 15 is 0 Å². The van der Waals surface area contributed by atoms with Crippen LogP contribution < -0.4 is 0 Å². The number of nitrogens with zero attached hydrogens (tertiary/aromatic N) is 7. The van der Waals surface area contributed by atoms with Gasteiger partial charge in [-0.25, -0.2) is 9.36 Å². The van der Waals surface area contributed by atoms with Crippen LogP contribution in [-0.4, -0.2) is 35.2 Å². The molecular weight excluding hydrogens is 246 g/mol. The van der Waals surface area contributed by atoms with Crippen molar-refractivity contribution < 1.29 is 4.74 Å². The van der Waals surface area contributed by atoms with E-state index in [0.29, 0.717) is 19.0 Å². The van der Waals surface area contributed by atoms with Crippen molar-refractivity contribution in [2.75, 3.05) is 0 Å². The van der Waals surface area contributed by atoms with Crippen molar-refractivity contribution in [2.45, 2.75) is 13.2 Å². The van der Waals surface area contributed by atoms with Crippen molar-refractivity contribution in [3.05, 3.63) is 29.6 Å². The van der Waals surface area contributed by atoms with Gasteiger partial charge in [-0.05, 0) is 28.1 Å². The Kier molecular flexibility index (Phi) is 2.92. The van der Waals surface area contributed by atoms with E-state index < -0.39 is 0 Å². The number of rotatable bonds is 4. The molecule has 0 bridgehead atoms. The van der Waals surface area contributed by atoms with Gasteiger partial charge in [0.1, 0.15) is 12.1 Å². The van der Waals surface area contributed by atoms with E-state index in [4.69, 9.17) is 4.74 Å². The number of hydrogen-bond acceptors (Lipinski definition) is 6. The third-order valence-electron chi connectivity index (χ3n) is 2.88. The van der Waals surface area contributed by atoms with Crippen LogP contribution in [0.1, 0.15) is 11.4 Å². The van der Waals surface area contributed by atoms with Crippen LogP contribution in [0.3, 0.4) is 0 Å². The highest BCUT2D eigenvalue weighted by molar-refractivity contribution is 5.74. The number of tetrazole rings is 1. The maximum atomic E-state index is 5.58. The fraction of sp³-hybridized carbons (Fsp3) is 0.364. The summed E-state index contributed by atoms with van der Waals surface area (Å²) in [5, 5.41) is 19.2. The summed E-state index contributed by atoms with van der Waals surface area (Å²) in [6.07, 6.45) is 0. The standard InChI is InChI=1S/C11H13N7O/c1-17-10-4-3-8(5-9(10)12-15-17)6-19-7-11-13-14-16-18(11)2/h3-5H,6-7H2,1-2H3. The highest BCUT2D eigenvalue weighted by atomic mass is 16.5. The summed E-state index contributed by atoms with van der Waals surface area (Å²) in [6, 6.07) is 5.95. The molecule has 0 saturated carbocycles. The lowest BCUT2D eigenvalue weighted by Gasteiger charge is -2.03. The van der Waals surface area contributed by atoms with Gasteiger partial charge in [0.05, 0.1) is 12.1 Å². The largest absolute Gasteiger partial charge is 0.369 e. The SMILES string of the molecule is Cn1nnnc1COCc1ccc2c(c1)nnn2C. The molecule has 3 rings (SSSR count). The summed E-state index contributed by atoms with van der Waals surface area (Å²) in [5.41, 5.74) is 2.91. The molecule has 0 aliphatic carbocycles. The highest BCUT2D eigenvalue weighted by Crippen LogP contribution is 2.13. The Labute approximate surface area is 109 Å². The van der Waals surface area contributed by atoms with Crippen molar-refractivity contribution >= 4 is 11.0 Å². The van der Waals surface area contributed by atoms with Crippen molar-refractivity contribution in [3.8, 4) is 0 Å². The summed E-state index contributed by atoms with van der Waals surface area (Å²) in [6.45, 7) is 0.862. The minimum atomic E-state index is 0.377. The van der Waals surface area contributed by atoms with E-state index in [2.05, 4.69) is 25.8 Å². The van der Waals surface area contributed by atoms with E-state index in [1.807, 2.05) is 25.2 Å². The van der Waals surface area contributed by atoms with Gasteiger partial charge in [0, 0.05) is 14.1 Å². The third kappa shape index (κ3) is 2.29. The quantitative estimate of drug-likeness (QED) is 0.666. The van der Waals surface area contributed by atoms with Gasteiger partial charge in [0.25, 0.3) is 0 Å². The normalized spacial score (nSPS) is 11.3. The molecule has 0 aliphatic rings. The van der Waals surface area contributed by atoms with Crippen molar-refractivity contribution in [1.29, 1.82) is 0 Å². The molecule has 2 aromatic heterocycles. The van der Waals surface area contributed by atoms with Gasteiger partial charge in [-0.15, -0.1) is 10.2 Å². The molecule has 0 aliphatic heterocycles. The number of benzene rings is 1. The molecule has 0 fully saturated rings. The predicted molar refractivity (Wildman–Crippen MR) is 65.8 cm³/mol. The Hall–Kier alpha value is -2.35. The summed E-state index contributed by atoms with van der Waals surface area (Å²) < 4.78 is 8.91. The maximum absolute atomic E-state index is 5.58. The summed E-state index contributed by atoms with van der Waals surface area (Å²) in [7, 11) is 3.65. The molecule has 19 heavy (non-hydrogen) atoms. The van der Waals surface area contributed by atoms with Crippen LogP contribution in [0.4, 0.5) is 0 Å². The lowest BCUT2D eigenvalue weighted by atomic mass is 10.2. The second-order valence-electron chi connectivity index (χ2n) is 4.25. The van der Waals surface area contributed by atoms with Gasteiger partial charge >= 0.3 is 0 Å². The molecule has 0 N–H and O–H groups in total. The number of fused-ring (bicyclic) bond motifs is 1. The molecule has 1 aromatic carbocycles. The number of hydrogen-bond donors (Lipinski definition) is 0. The first kappa shape index (κ1) is 11.7. The predicted octanol–water partition coefficient (Wildman–Crippen LogP) is 0.209. The van der Waals surface area contributed by atoms with Crippen LogP contribution in [0.2, 0.25) is 0 Å². The van der Waals surface area contributed by atoms with Crippen LogP contribution in [0, 0.1) is 0 Å². The Morgan fingerprint density at radius 3 is 2.74 bits per heavy atom. The zero-order chi connectivity index (χ0) is 13.2. The Morgan fingerprint density at radius 2 is 1.95 bits per heavy atom. The first-order valence-corrected chi connectivity index (χ1v) is 5.81. The molecule has 0 spiro atoms. The molecule has 0 saturated heterocycles. The topological polar surface area (TPSA) is 83.5 Å². The van der Waals surface area contributed by atoms with Crippen molar-refractivity contribution in [1.82, 2.24) is 35.2 Å². The highest BCUT2D eigenvalue weighted by Gasteiger charge is 2.04. The van der Waals surface area contributed by atoms with Crippen LogP contribution >= 0.6 is 0 Å². The summed E-state index contributed by atoms with van der Waals surface area (Å²) in [4.78, 5) is 0. The fourth-order valence-electron chi connectivity index (χ4n) is 1.81. The Bertz CT molecular complexity index is 702. The van der Waals surface area contributed by atoms with Crippen LogP contribution in [-0.2, 0) is 32.0 Å². The average molecular weight is 259 g/mol. The zero-order valence-electron chi connectivity index (χ0n) is 10.7. The fourth-order valence-corrected chi connectivity index (χ4v) is 1.81. The zero-order valence-corrected chi connectivity index (χ0v) is 10.7. The van der Waals surface area contributed by atoms with Gasteiger partial charge in [0.2, 0.25) is 0 Å². The molecular formula is C11H13N7O.